The number of fused-ring (bicyclic) bond motifs is 2. The van der Waals surface area contributed by atoms with Crippen molar-refractivity contribution in [3.05, 3.63) is 42.5 Å². The van der Waals surface area contributed by atoms with E-state index in [9.17, 15) is 9.59 Å². The summed E-state index contributed by atoms with van der Waals surface area (Å²) in [6.07, 6.45) is 3.44. The predicted molar refractivity (Wildman–Crippen MR) is 75.3 cm³/mol. The van der Waals surface area contributed by atoms with Gasteiger partial charge in [0.1, 0.15) is 0 Å². The summed E-state index contributed by atoms with van der Waals surface area (Å²) in [6, 6.07) is 9.37. The molecule has 4 atom stereocenters. The third-order valence-electron chi connectivity index (χ3n) is 4.33. The van der Waals surface area contributed by atoms with Crippen LogP contribution in [0.25, 0.3) is 0 Å². The van der Waals surface area contributed by atoms with Crippen LogP contribution >= 0.6 is 0 Å². The fourth-order valence-electron chi connectivity index (χ4n) is 3.44. The quantitative estimate of drug-likeness (QED) is 0.770. The number of para-hydroxylation sites is 1. The molecule has 1 aromatic carbocycles. The molecule has 0 amide bonds. The third-order valence-corrected chi connectivity index (χ3v) is 4.33. The molecule has 0 aliphatic carbocycles. The Morgan fingerprint density at radius 2 is 1.95 bits per heavy atom. The van der Waals surface area contributed by atoms with E-state index in [1.807, 2.05) is 43.3 Å². The van der Waals surface area contributed by atoms with Gasteiger partial charge in [-0.1, -0.05) is 31.2 Å². The Morgan fingerprint density at radius 3 is 2.60 bits per heavy atom. The minimum Gasteiger partial charge on any atom is -0.469 e. The van der Waals surface area contributed by atoms with Crippen LogP contribution in [-0.4, -0.2) is 30.9 Å². The van der Waals surface area contributed by atoms with Crippen LogP contribution in [0.15, 0.2) is 42.5 Å². The number of ether oxygens (including phenoxy) is 1. The van der Waals surface area contributed by atoms with E-state index >= 15 is 0 Å². The number of nitrogens with zero attached hydrogens (tertiary/aromatic N) is 1. The van der Waals surface area contributed by atoms with Gasteiger partial charge >= 0.3 is 5.97 Å². The van der Waals surface area contributed by atoms with Crippen LogP contribution in [0.5, 0.6) is 0 Å². The maximum atomic E-state index is 12.2. The second-order valence-electron chi connectivity index (χ2n) is 5.35. The maximum absolute atomic E-state index is 12.2. The van der Waals surface area contributed by atoms with Crippen molar-refractivity contribution in [1.29, 1.82) is 0 Å². The molecule has 0 saturated carbocycles. The van der Waals surface area contributed by atoms with Gasteiger partial charge in [-0.3, -0.25) is 9.59 Å². The average Bonchev–Trinajstić information content (AvgIpc) is 2.71. The summed E-state index contributed by atoms with van der Waals surface area (Å²) in [7, 11) is 1.40. The minimum absolute atomic E-state index is 0.0593. The van der Waals surface area contributed by atoms with Gasteiger partial charge in [0.2, 0.25) is 0 Å². The topological polar surface area (TPSA) is 46.6 Å². The van der Waals surface area contributed by atoms with Gasteiger partial charge in [-0.25, -0.2) is 0 Å². The fourth-order valence-corrected chi connectivity index (χ4v) is 3.44. The molecular formula is C16H17NO3. The van der Waals surface area contributed by atoms with Crippen molar-refractivity contribution in [2.45, 2.75) is 19.0 Å². The first-order valence-corrected chi connectivity index (χ1v) is 6.78. The lowest BCUT2D eigenvalue weighted by Gasteiger charge is -2.33. The van der Waals surface area contributed by atoms with E-state index < -0.39 is 0 Å². The SMILES string of the molecule is COC(=O)[C@H]1[C@H](C)[C@@H]2C(=O)C=C[C@H]1N2c1ccccc1. The molecule has 20 heavy (non-hydrogen) atoms. The molecule has 0 spiro atoms. The van der Waals surface area contributed by atoms with Crippen LogP contribution in [0.2, 0.25) is 0 Å². The van der Waals surface area contributed by atoms with E-state index in [1.165, 1.54) is 7.11 Å². The van der Waals surface area contributed by atoms with Gasteiger partial charge in [0.15, 0.2) is 5.78 Å². The molecular weight excluding hydrogens is 254 g/mol. The standard InChI is InChI=1S/C16H17NO3/c1-10-14(16(19)20-2)12-8-9-13(18)15(10)17(12)11-6-4-3-5-7-11/h3-10,12,14-15H,1-2H3/t10-,12+,14-,15+/m0/s1. The van der Waals surface area contributed by atoms with E-state index in [1.54, 1.807) is 6.08 Å². The number of hydrogen-bond acceptors (Lipinski definition) is 4. The number of carbonyl (C=O) groups is 2. The van der Waals surface area contributed by atoms with Crippen molar-refractivity contribution < 1.29 is 14.3 Å². The lowest BCUT2D eigenvalue weighted by molar-refractivity contribution is -0.146. The van der Waals surface area contributed by atoms with Gasteiger partial charge < -0.3 is 9.64 Å². The van der Waals surface area contributed by atoms with Crippen LogP contribution in [0.1, 0.15) is 6.92 Å². The normalized spacial score (nSPS) is 31.5. The number of anilines is 1. The highest BCUT2D eigenvalue weighted by molar-refractivity contribution is 6.01. The highest BCUT2D eigenvalue weighted by Gasteiger charge is 2.53. The molecule has 4 heteroatoms. The first-order chi connectivity index (χ1) is 9.65. The van der Waals surface area contributed by atoms with Crippen LogP contribution in [0.3, 0.4) is 0 Å². The summed E-state index contributed by atoms with van der Waals surface area (Å²) in [5.74, 6) is -0.544. The number of rotatable bonds is 2. The second-order valence-corrected chi connectivity index (χ2v) is 5.35. The Hall–Kier alpha value is -2.10. The van der Waals surface area contributed by atoms with Crippen LogP contribution < -0.4 is 4.90 Å². The maximum Gasteiger partial charge on any atom is 0.311 e. The summed E-state index contributed by atoms with van der Waals surface area (Å²) >= 11 is 0. The number of hydrogen-bond donors (Lipinski definition) is 0. The zero-order valence-corrected chi connectivity index (χ0v) is 11.5. The Balaban J connectivity index is 2.06. The summed E-state index contributed by atoms with van der Waals surface area (Å²) in [4.78, 5) is 26.3. The second kappa shape index (κ2) is 4.78. The highest BCUT2D eigenvalue weighted by Crippen LogP contribution is 2.42. The number of benzene rings is 1. The lowest BCUT2D eigenvalue weighted by Crippen LogP contribution is -2.44. The van der Waals surface area contributed by atoms with Gasteiger partial charge in [0.25, 0.3) is 0 Å². The molecule has 104 valence electrons. The predicted octanol–water partition coefficient (Wildman–Crippen LogP) is 1.81. The summed E-state index contributed by atoms with van der Waals surface area (Å²) in [5.41, 5.74) is 0.971. The van der Waals surface area contributed by atoms with Crippen molar-refractivity contribution >= 4 is 17.4 Å². The first-order valence-electron chi connectivity index (χ1n) is 6.78. The molecule has 0 N–H and O–H groups in total. The number of methoxy groups -OCH3 is 1. The Kier molecular flexibility index (Phi) is 3.08. The van der Waals surface area contributed by atoms with Gasteiger partial charge in [0.05, 0.1) is 25.1 Å². The molecule has 4 nitrogen and oxygen atoms in total. The molecule has 2 aliphatic heterocycles. The summed E-state index contributed by atoms with van der Waals surface area (Å²) < 4.78 is 4.92. The Morgan fingerprint density at radius 1 is 1.25 bits per heavy atom. The molecule has 2 heterocycles. The van der Waals surface area contributed by atoms with Crippen LogP contribution in [0.4, 0.5) is 5.69 Å². The van der Waals surface area contributed by atoms with E-state index in [2.05, 4.69) is 4.90 Å². The molecule has 0 radical (unpaired) electrons. The molecule has 3 rings (SSSR count). The first kappa shape index (κ1) is 12.9. The van der Waals surface area contributed by atoms with Crippen molar-refractivity contribution in [2.75, 3.05) is 12.0 Å². The van der Waals surface area contributed by atoms with Gasteiger partial charge in [0, 0.05) is 5.69 Å². The summed E-state index contributed by atoms with van der Waals surface area (Å²) in [6.45, 7) is 1.95. The van der Waals surface area contributed by atoms with Crippen molar-refractivity contribution in [1.82, 2.24) is 0 Å². The molecule has 1 aromatic rings. The third kappa shape index (κ3) is 1.75. The van der Waals surface area contributed by atoms with Crippen molar-refractivity contribution in [3.8, 4) is 0 Å². The Bertz CT molecular complexity index is 566. The largest absolute Gasteiger partial charge is 0.469 e. The smallest absolute Gasteiger partial charge is 0.311 e. The lowest BCUT2D eigenvalue weighted by atomic mass is 9.89. The molecule has 2 bridgehead atoms. The van der Waals surface area contributed by atoms with Gasteiger partial charge in [-0.15, -0.1) is 0 Å². The molecule has 1 saturated heterocycles. The number of ketones is 1. The number of esters is 1. The van der Waals surface area contributed by atoms with Crippen LogP contribution in [0, 0.1) is 11.8 Å². The number of carbonyl (C=O) groups excluding carboxylic acids is 2. The van der Waals surface area contributed by atoms with E-state index in [-0.39, 0.29) is 35.7 Å². The van der Waals surface area contributed by atoms with E-state index in [4.69, 9.17) is 4.74 Å². The van der Waals surface area contributed by atoms with E-state index in [0.29, 0.717) is 0 Å². The molecule has 2 aliphatic rings. The Labute approximate surface area is 118 Å². The highest BCUT2D eigenvalue weighted by atomic mass is 16.5. The van der Waals surface area contributed by atoms with Crippen molar-refractivity contribution in [2.24, 2.45) is 11.8 Å². The van der Waals surface area contributed by atoms with Gasteiger partial charge in [-0.05, 0) is 24.1 Å². The molecule has 0 aromatic heterocycles. The van der Waals surface area contributed by atoms with E-state index in [0.717, 1.165) is 5.69 Å². The zero-order chi connectivity index (χ0) is 14.3. The fraction of sp³-hybridized carbons (Fsp3) is 0.375. The minimum atomic E-state index is -0.298. The monoisotopic (exact) mass is 271 g/mol. The molecule has 1 fully saturated rings. The average molecular weight is 271 g/mol. The van der Waals surface area contributed by atoms with Crippen molar-refractivity contribution in [3.63, 3.8) is 0 Å². The zero-order valence-electron chi connectivity index (χ0n) is 11.5. The summed E-state index contributed by atoms with van der Waals surface area (Å²) in [5, 5.41) is 0. The van der Waals surface area contributed by atoms with Gasteiger partial charge in [-0.2, -0.15) is 0 Å². The van der Waals surface area contributed by atoms with Crippen LogP contribution in [-0.2, 0) is 14.3 Å². The molecule has 0 unspecified atom stereocenters.